The molecule has 0 saturated carbocycles. The van der Waals surface area contributed by atoms with Crippen molar-refractivity contribution in [2.75, 3.05) is 17.7 Å². The molecule has 106 valence electrons. The molecule has 0 amide bonds. The average molecular weight is 285 g/mol. The summed E-state index contributed by atoms with van der Waals surface area (Å²) in [6, 6.07) is 6.12. The molecule has 0 spiro atoms. The van der Waals surface area contributed by atoms with E-state index in [0.29, 0.717) is 17.6 Å². The Labute approximate surface area is 119 Å². The fourth-order valence-electron chi connectivity index (χ4n) is 1.81. The summed E-state index contributed by atoms with van der Waals surface area (Å²) in [6.45, 7) is 0. The van der Waals surface area contributed by atoms with Gasteiger partial charge in [-0.25, -0.2) is 9.37 Å². The van der Waals surface area contributed by atoms with Crippen LogP contribution in [0.3, 0.4) is 0 Å². The van der Waals surface area contributed by atoms with Crippen LogP contribution in [-0.4, -0.2) is 31.6 Å². The largest absolute Gasteiger partial charge is 0.368 e. The van der Waals surface area contributed by atoms with Crippen LogP contribution in [0.15, 0.2) is 43.0 Å². The first kappa shape index (κ1) is 13.0. The lowest BCUT2D eigenvalue weighted by atomic mass is 10.3. The van der Waals surface area contributed by atoms with Gasteiger partial charge in [-0.05, 0) is 18.2 Å². The maximum absolute atomic E-state index is 13.3. The number of aromatic nitrogens is 5. The van der Waals surface area contributed by atoms with Gasteiger partial charge >= 0.3 is 0 Å². The molecule has 3 rings (SSSR count). The van der Waals surface area contributed by atoms with E-state index in [-0.39, 0.29) is 11.8 Å². The molecule has 2 N–H and O–H groups in total. The second-order valence-corrected chi connectivity index (χ2v) is 4.30. The summed E-state index contributed by atoms with van der Waals surface area (Å²) in [5.41, 5.74) is 6.32. The van der Waals surface area contributed by atoms with E-state index in [9.17, 15) is 4.39 Å². The van der Waals surface area contributed by atoms with E-state index in [4.69, 9.17) is 5.73 Å². The molecular weight excluding hydrogens is 273 g/mol. The number of hydrogen-bond donors (Lipinski definition) is 1. The van der Waals surface area contributed by atoms with Gasteiger partial charge in [0.1, 0.15) is 12.1 Å². The molecule has 3 aromatic rings. The molecule has 8 heteroatoms. The van der Waals surface area contributed by atoms with Crippen molar-refractivity contribution >= 4 is 17.6 Å². The van der Waals surface area contributed by atoms with Crippen LogP contribution >= 0.6 is 0 Å². The first-order valence-corrected chi connectivity index (χ1v) is 6.12. The average Bonchev–Trinajstić information content (AvgIpc) is 3.00. The topological polar surface area (TPSA) is 85.8 Å². The van der Waals surface area contributed by atoms with E-state index >= 15 is 0 Å². The number of imidazole rings is 1. The summed E-state index contributed by atoms with van der Waals surface area (Å²) >= 11 is 0. The molecule has 2 aromatic heterocycles. The normalized spacial score (nSPS) is 10.6. The van der Waals surface area contributed by atoms with Gasteiger partial charge in [0.05, 0.1) is 0 Å². The standard InChI is InChI=1S/C13H12FN7/c1-20(10-4-2-3-9(14)7-10)12-17-11(15)18-13(19-12)21-6-5-16-8-21/h2-8H,1H3,(H2,15,17,18,19). The summed E-state index contributed by atoms with van der Waals surface area (Å²) in [7, 11) is 1.72. The molecule has 0 aliphatic rings. The minimum atomic E-state index is -0.337. The maximum atomic E-state index is 13.3. The van der Waals surface area contributed by atoms with Gasteiger partial charge in [-0.3, -0.25) is 4.57 Å². The Morgan fingerprint density at radius 2 is 2.10 bits per heavy atom. The predicted molar refractivity (Wildman–Crippen MR) is 75.8 cm³/mol. The molecule has 0 aliphatic heterocycles. The van der Waals surface area contributed by atoms with Crippen LogP contribution in [0.25, 0.3) is 5.95 Å². The number of nitrogen functional groups attached to an aromatic ring is 1. The zero-order valence-electron chi connectivity index (χ0n) is 11.2. The Morgan fingerprint density at radius 1 is 1.24 bits per heavy atom. The van der Waals surface area contributed by atoms with E-state index in [0.717, 1.165) is 0 Å². The highest BCUT2D eigenvalue weighted by atomic mass is 19.1. The molecular formula is C13H12FN7. The van der Waals surface area contributed by atoms with Crippen LogP contribution < -0.4 is 10.6 Å². The number of halogens is 1. The number of nitrogens with two attached hydrogens (primary N) is 1. The van der Waals surface area contributed by atoms with Crippen molar-refractivity contribution in [1.29, 1.82) is 0 Å². The van der Waals surface area contributed by atoms with Crippen molar-refractivity contribution < 1.29 is 4.39 Å². The third-order valence-corrected chi connectivity index (χ3v) is 2.86. The van der Waals surface area contributed by atoms with Crippen LogP contribution in [0.2, 0.25) is 0 Å². The molecule has 0 radical (unpaired) electrons. The van der Waals surface area contributed by atoms with Gasteiger partial charge in [-0.2, -0.15) is 15.0 Å². The monoisotopic (exact) mass is 285 g/mol. The van der Waals surface area contributed by atoms with Crippen molar-refractivity contribution in [2.45, 2.75) is 0 Å². The molecule has 0 unspecified atom stereocenters. The highest BCUT2D eigenvalue weighted by molar-refractivity contribution is 5.57. The zero-order chi connectivity index (χ0) is 14.8. The molecule has 0 fully saturated rings. The second-order valence-electron chi connectivity index (χ2n) is 4.30. The van der Waals surface area contributed by atoms with Gasteiger partial charge in [-0.15, -0.1) is 0 Å². The van der Waals surface area contributed by atoms with Gasteiger partial charge < -0.3 is 10.6 Å². The Morgan fingerprint density at radius 3 is 2.81 bits per heavy atom. The molecule has 7 nitrogen and oxygen atoms in total. The zero-order valence-corrected chi connectivity index (χ0v) is 11.2. The number of anilines is 3. The SMILES string of the molecule is CN(c1cccc(F)c1)c1nc(N)nc(-n2ccnc2)n1. The number of nitrogens with zero attached hydrogens (tertiary/aromatic N) is 6. The van der Waals surface area contributed by atoms with Gasteiger partial charge in [0, 0.05) is 25.1 Å². The lowest BCUT2D eigenvalue weighted by Crippen LogP contribution is -2.16. The minimum absolute atomic E-state index is 0.0759. The number of benzene rings is 1. The fourth-order valence-corrected chi connectivity index (χ4v) is 1.81. The Balaban J connectivity index is 2.02. The van der Waals surface area contributed by atoms with Crippen LogP contribution in [0, 0.1) is 5.82 Å². The molecule has 0 aliphatic carbocycles. The van der Waals surface area contributed by atoms with Gasteiger partial charge in [0.15, 0.2) is 0 Å². The van der Waals surface area contributed by atoms with Crippen molar-refractivity contribution in [3.63, 3.8) is 0 Å². The van der Waals surface area contributed by atoms with Crippen molar-refractivity contribution in [1.82, 2.24) is 24.5 Å². The van der Waals surface area contributed by atoms with E-state index in [1.54, 1.807) is 47.4 Å². The molecule has 1 aromatic carbocycles. The van der Waals surface area contributed by atoms with Crippen LogP contribution in [0.1, 0.15) is 0 Å². The van der Waals surface area contributed by atoms with E-state index in [2.05, 4.69) is 19.9 Å². The summed E-state index contributed by atoms with van der Waals surface area (Å²) < 4.78 is 14.9. The summed E-state index contributed by atoms with van der Waals surface area (Å²) in [6.07, 6.45) is 4.86. The van der Waals surface area contributed by atoms with Gasteiger partial charge in [0.25, 0.3) is 0 Å². The molecule has 2 heterocycles. The quantitative estimate of drug-likeness (QED) is 0.785. The first-order chi connectivity index (χ1) is 10.1. The van der Waals surface area contributed by atoms with E-state index in [1.165, 1.54) is 12.1 Å². The lowest BCUT2D eigenvalue weighted by Gasteiger charge is -2.17. The first-order valence-electron chi connectivity index (χ1n) is 6.12. The molecule has 0 atom stereocenters. The summed E-state index contributed by atoms with van der Waals surface area (Å²) in [5, 5.41) is 0. The highest BCUT2D eigenvalue weighted by Crippen LogP contribution is 2.21. The van der Waals surface area contributed by atoms with Crippen molar-refractivity contribution in [3.05, 3.63) is 48.8 Å². The van der Waals surface area contributed by atoms with E-state index in [1.807, 2.05) is 0 Å². The number of rotatable bonds is 3. The third-order valence-electron chi connectivity index (χ3n) is 2.86. The Hall–Kier alpha value is -3.03. The predicted octanol–water partition coefficient (Wildman–Crippen LogP) is 1.55. The molecule has 21 heavy (non-hydrogen) atoms. The second kappa shape index (κ2) is 5.16. The van der Waals surface area contributed by atoms with Crippen LogP contribution in [-0.2, 0) is 0 Å². The Bertz CT molecular complexity index is 757. The maximum Gasteiger partial charge on any atom is 0.241 e. The third kappa shape index (κ3) is 2.64. The fraction of sp³-hybridized carbons (Fsp3) is 0.0769. The number of hydrogen-bond acceptors (Lipinski definition) is 6. The molecule has 0 saturated heterocycles. The van der Waals surface area contributed by atoms with Gasteiger partial charge in [-0.1, -0.05) is 6.07 Å². The van der Waals surface area contributed by atoms with Crippen molar-refractivity contribution in [3.8, 4) is 5.95 Å². The Kier molecular flexibility index (Phi) is 3.19. The summed E-state index contributed by atoms with van der Waals surface area (Å²) in [5.74, 6) is 0.401. The molecule has 0 bridgehead atoms. The van der Waals surface area contributed by atoms with Crippen LogP contribution in [0.5, 0.6) is 0 Å². The minimum Gasteiger partial charge on any atom is -0.368 e. The van der Waals surface area contributed by atoms with Gasteiger partial charge in [0.2, 0.25) is 17.8 Å². The van der Waals surface area contributed by atoms with Crippen LogP contribution in [0.4, 0.5) is 22.0 Å². The smallest absolute Gasteiger partial charge is 0.241 e. The van der Waals surface area contributed by atoms with Crippen molar-refractivity contribution in [2.24, 2.45) is 0 Å². The lowest BCUT2D eigenvalue weighted by molar-refractivity contribution is 0.628. The highest BCUT2D eigenvalue weighted by Gasteiger charge is 2.12. The van der Waals surface area contributed by atoms with E-state index < -0.39 is 0 Å². The summed E-state index contributed by atoms with van der Waals surface area (Å²) in [4.78, 5) is 18.0.